The summed E-state index contributed by atoms with van der Waals surface area (Å²) in [5, 5.41) is 0. The number of likely N-dealkylation sites (tertiary alicyclic amines) is 1. The van der Waals surface area contributed by atoms with E-state index in [1.54, 1.807) is 13.3 Å². The van der Waals surface area contributed by atoms with Crippen LogP contribution in [0.5, 0.6) is 6.01 Å². The van der Waals surface area contributed by atoms with E-state index in [2.05, 4.69) is 41.8 Å². The van der Waals surface area contributed by atoms with Crippen LogP contribution < -0.4 is 9.64 Å². The molecule has 0 bridgehead atoms. The SMILES string of the molecule is COc1nccc(CN2CC(N3CCN(c4ccccn4)CC3)C2)n1. The van der Waals surface area contributed by atoms with E-state index in [1.807, 2.05) is 18.3 Å². The zero-order valence-corrected chi connectivity index (χ0v) is 14.6. The van der Waals surface area contributed by atoms with E-state index >= 15 is 0 Å². The van der Waals surface area contributed by atoms with Crippen molar-refractivity contribution in [3.8, 4) is 6.01 Å². The number of pyridine rings is 1. The molecule has 2 aromatic rings. The zero-order valence-electron chi connectivity index (χ0n) is 14.6. The van der Waals surface area contributed by atoms with Crippen molar-refractivity contribution in [2.45, 2.75) is 12.6 Å². The van der Waals surface area contributed by atoms with Gasteiger partial charge in [0.15, 0.2) is 0 Å². The molecule has 25 heavy (non-hydrogen) atoms. The van der Waals surface area contributed by atoms with Gasteiger partial charge in [-0.05, 0) is 18.2 Å². The number of rotatable bonds is 5. The van der Waals surface area contributed by atoms with Crippen molar-refractivity contribution in [3.63, 3.8) is 0 Å². The van der Waals surface area contributed by atoms with Gasteiger partial charge in [-0.25, -0.2) is 9.97 Å². The van der Waals surface area contributed by atoms with Crippen molar-refractivity contribution in [3.05, 3.63) is 42.4 Å². The molecule has 0 radical (unpaired) electrons. The number of piperazine rings is 1. The quantitative estimate of drug-likeness (QED) is 0.801. The van der Waals surface area contributed by atoms with Crippen LogP contribution in [0.2, 0.25) is 0 Å². The number of hydrogen-bond acceptors (Lipinski definition) is 7. The lowest BCUT2D eigenvalue weighted by atomic mass is 10.1. The van der Waals surface area contributed by atoms with Crippen LogP contribution in [0.4, 0.5) is 5.82 Å². The summed E-state index contributed by atoms with van der Waals surface area (Å²) in [4.78, 5) is 20.3. The molecule has 0 N–H and O–H groups in total. The number of anilines is 1. The number of aromatic nitrogens is 3. The van der Waals surface area contributed by atoms with E-state index in [4.69, 9.17) is 4.74 Å². The van der Waals surface area contributed by atoms with Crippen molar-refractivity contribution in [2.24, 2.45) is 0 Å². The van der Waals surface area contributed by atoms with E-state index in [1.165, 1.54) is 0 Å². The lowest BCUT2D eigenvalue weighted by molar-refractivity contribution is 0.0247. The fourth-order valence-corrected chi connectivity index (χ4v) is 3.55. The molecule has 0 spiro atoms. The molecule has 2 saturated heterocycles. The number of hydrogen-bond donors (Lipinski definition) is 0. The highest BCUT2D eigenvalue weighted by Gasteiger charge is 2.33. The molecule has 132 valence electrons. The van der Waals surface area contributed by atoms with Crippen LogP contribution in [0.1, 0.15) is 5.69 Å². The summed E-state index contributed by atoms with van der Waals surface area (Å²) in [6, 6.07) is 9.18. The van der Waals surface area contributed by atoms with Gasteiger partial charge in [-0.1, -0.05) is 6.07 Å². The zero-order chi connectivity index (χ0) is 17.1. The third-order valence-corrected chi connectivity index (χ3v) is 5.00. The molecule has 0 saturated carbocycles. The molecule has 0 amide bonds. The third-order valence-electron chi connectivity index (χ3n) is 5.00. The van der Waals surface area contributed by atoms with Crippen LogP contribution in [-0.4, -0.2) is 77.2 Å². The molecule has 2 aliphatic heterocycles. The average molecular weight is 340 g/mol. The molecular weight excluding hydrogens is 316 g/mol. The Morgan fingerprint density at radius 2 is 1.88 bits per heavy atom. The molecule has 0 atom stereocenters. The Balaban J connectivity index is 1.23. The summed E-state index contributed by atoms with van der Waals surface area (Å²) < 4.78 is 5.09. The maximum absolute atomic E-state index is 5.09. The summed E-state index contributed by atoms with van der Waals surface area (Å²) in [6.07, 6.45) is 3.63. The van der Waals surface area contributed by atoms with E-state index in [0.717, 1.165) is 57.3 Å². The summed E-state index contributed by atoms with van der Waals surface area (Å²) in [7, 11) is 1.60. The molecule has 2 fully saturated rings. The summed E-state index contributed by atoms with van der Waals surface area (Å²) in [5.41, 5.74) is 1.02. The smallest absolute Gasteiger partial charge is 0.316 e. The van der Waals surface area contributed by atoms with Crippen molar-refractivity contribution >= 4 is 5.82 Å². The van der Waals surface area contributed by atoms with Gasteiger partial charge in [0.1, 0.15) is 5.82 Å². The Hall–Kier alpha value is -2.25. The second-order valence-corrected chi connectivity index (χ2v) is 6.59. The lowest BCUT2D eigenvalue weighted by Crippen LogP contribution is -2.62. The Morgan fingerprint density at radius 3 is 2.60 bits per heavy atom. The number of nitrogens with zero attached hydrogens (tertiary/aromatic N) is 6. The predicted molar refractivity (Wildman–Crippen MR) is 95.7 cm³/mol. The van der Waals surface area contributed by atoms with E-state index < -0.39 is 0 Å². The van der Waals surface area contributed by atoms with Gasteiger partial charge in [-0.2, -0.15) is 4.98 Å². The second-order valence-electron chi connectivity index (χ2n) is 6.59. The molecule has 2 aliphatic rings. The fourth-order valence-electron chi connectivity index (χ4n) is 3.55. The predicted octanol–water partition coefficient (Wildman–Crippen LogP) is 0.887. The summed E-state index contributed by atoms with van der Waals surface area (Å²) in [6.45, 7) is 7.40. The van der Waals surface area contributed by atoms with Gasteiger partial charge in [-0.15, -0.1) is 0 Å². The first-order valence-electron chi connectivity index (χ1n) is 8.80. The Morgan fingerprint density at radius 1 is 1.04 bits per heavy atom. The van der Waals surface area contributed by atoms with Crippen LogP contribution >= 0.6 is 0 Å². The molecule has 2 aromatic heterocycles. The van der Waals surface area contributed by atoms with Crippen LogP contribution in [0.15, 0.2) is 36.7 Å². The summed E-state index contributed by atoms with van der Waals surface area (Å²) in [5.74, 6) is 1.09. The standard InChI is InChI=1S/C18H24N6O/c1-25-18-20-7-5-15(21-18)12-22-13-16(14-22)23-8-10-24(11-9-23)17-4-2-3-6-19-17/h2-7,16H,8-14H2,1H3. The van der Waals surface area contributed by atoms with Crippen LogP contribution in [0.3, 0.4) is 0 Å². The van der Waals surface area contributed by atoms with Gasteiger partial charge in [0.2, 0.25) is 0 Å². The van der Waals surface area contributed by atoms with Gasteiger partial charge in [0.25, 0.3) is 0 Å². The monoisotopic (exact) mass is 340 g/mol. The van der Waals surface area contributed by atoms with Gasteiger partial charge in [-0.3, -0.25) is 9.80 Å². The molecule has 7 nitrogen and oxygen atoms in total. The number of ether oxygens (including phenoxy) is 1. The number of methoxy groups -OCH3 is 1. The van der Waals surface area contributed by atoms with Gasteiger partial charge < -0.3 is 9.64 Å². The normalized spacial score (nSPS) is 19.6. The van der Waals surface area contributed by atoms with Crippen molar-refractivity contribution in [1.29, 1.82) is 0 Å². The fraction of sp³-hybridized carbons (Fsp3) is 0.500. The van der Waals surface area contributed by atoms with E-state index in [-0.39, 0.29) is 0 Å². The largest absolute Gasteiger partial charge is 0.467 e. The minimum Gasteiger partial charge on any atom is -0.467 e. The maximum atomic E-state index is 5.09. The highest BCUT2D eigenvalue weighted by Crippen LogP contribution is 2.21. The van der Waals surface area contributed by atoms with Crippen molar-refractivity contribution in [1.82, 2.24) is 24.8 Å². The molecule has 0 unspecified atom stereocenters. The maximum Gasteiger partial charge on any atom is 0.316 e. The minimum absolute atomic E-state index is 0.445. The third kappa shape index (κ3) is 3.72. The molecular formula is C18H24N6O. The highest BCUT2D eigenvalue weighted by molar-refractivity contribution is 5.38. The molecule has 0 aromatic carbocycles. The Labute approximate surface area is 148 Å². The van der Waals surface area contributed by atoms with E-state index in [9.17, 15) is 0 Å². The summed E-state index contributed by atoms with van der Waals surface area (Å²) >= 11 is 0. The topological polar surface area (TPSA) is 57.6 Å². The first-order valence-corrected chi connectivity index (χ1v) is 8.80. The van der Waals surface area contributed by atoms with Gasteiger partial charge in [0, 0.05) is 64.2 Å². The highest BCUT2D eigenvalue weighted by atomic mass is 16.5. The van der Waals surface area contributed by atoms with Gasteiger partial charge in [0.05, 0.1) is 12.8 Å². The second kappa shape index (κ2) is 7.33. The molecule has 0 aliphatic carbocycles. The van der Waals surface area contributed by atoms with Crippen molar-refractivity contribution in [2.75, 3.05) is 51.3 Å². The minimum atomic E-state index is 0.445. The van der Waals surface area contributed by atoms with Crippen LogP contribution in [0, 0.1) is 0 Å². The first kappa shape index (κ1) is 16.2. The Bertz CT molecular complexity index is 683. The van der Waals surface area contributed by atoms with E-state index in [0.29, 0.717) is 12.1 Å². The molecule has 4 heterocycles. The van der Waals surface area contributed by atoms with Crippen LogP contribution in [0.25, 0.3) is 0 Å². The Kier molecular flexibility index (Phi) is 4.76. The van der Waals surface area contributed by atoms with Crippen LogP contribution in [-0.2, 0) is 6.54 Å². The first-order chi connectivity index (χ1) is 12.3. The molecule has 7 heteroatoms. The van der Waals surface area contributed by atoms with Crippen molar-refractivity contribution < 1.29 is 4.74 Å². The van der Waals surface area contributed by atoms with Gasteiger partial charge >= 0.3 is 6.01 Å². The molecule has 4 rings (SSSR count). The lowest BCUT2D eigenvalue weighted by Gasteiger charge is -2.48. The average Bonchev–Trinajstić information content (AvgIpc) is 2.65.